The fourth-order valence-electron chi connectivity index (χ4n) is 3.62. The molecule has 0 aromatic rings. The number of cyclic esters (lactones) is 1. The molecule has 1 fully saturated rings. The van der Waals surface area contributed by atoms with E-state index in [1.165, 1.54) is 6.42 Å². The third kappa shape index (κ3) is 6.59. The Morgan fingerprint density at radius 1 is 1.15 bits per heavy atom. The average molecular weight is 385 g/mol. The number of unbranched alkanes of at least 4 members (excludes halogenated alkanes) is 4. The number of hydrogen-bond acceptors (Lipinski definition) is 5. The Balaban J connectivity index is 2.92. The molecule has 1 saturated heterocycles. The third-order valence-electron chi connectivity index (χ3n) is 5.11. The van der Waals surface area contributed by atoms with Gasteiger partial charge in [-0.05, 0) is 41.0 Å². The number of ether oxygens (including phenoxy) is 2. The van der Waals surface area contributed by atoms with Crippen LogP contribution in [-0.2, 0) is 19.1 Å². The van der Waals surface area contributed by atoms with Crippen LogP contribution in [0.4, 0.5) is 4.79 Å². The van der Waals surface area contributed by atoms with Crippen LogP contribution in [0.15, 0.2) is 0 Å². The smallest absolute Gasteiger partial charge is 0.460 e. The van der Waals surface area contributed by atoms with Crippen LogP contribution in [0.5, 0.6) is 0 Å². The maximum atomic E-state index is 13.4. The first-order valence-electron chi connectivity index (χ1n) is 10.4. The summed E-state index contributed by atoms with van der Waals surface area (Å²) in [5.74, 6) is -1.10. The van der Waals surface area contributed by atoms with Gasteiger partial charge in [-0.15, -0.1) is 0 Å². The summed E-state index contributed by atoms with van der Waals surface area (Å²) in [6, 6.07) is -0.214. The summed E-state index contributed by atoms with van der Waals surface area (Å²) in [6.07, 6.45) is 5.46. The highest BCUT2D eigenvalue weighted by Gasteiger charge is 2.55. The summed E-state index contributed by atoms with van der Waals surface area (Å²) in [4.78, 5) is 38.2. The Labute approximate surface area is 164 Å². The van der Waals surface area contributed by atoms with Crippen molar-refractivity contribution >= 4 is 18.0 Å². The van der Waals surface area contributed by atoms with E-state index in [1.54, 1.807) is 0 Å². The first-order valence-corrected chi connectivity index (χ1v) is 10.4. The summed E-state index contributed by atoms with van der Waals surface area (Å²) < 4.78 is 10.3. The summed E-state index contributed by atoms with van der Waals surface area (Å²) in [5.41, 5.74) is -0.595. The van der Waals surface area contributed by atoms with E-state index < -0.39 is 17.6 Å². The Kier molecular flexibility index (Phi) is 8.92. The zero-order valence-corrected chi connectivity index (χ0v) is 18.0. The second-order valence-electron chi connectivity index (χ2n) is 8.83. The topological polar surface area (TPSA) is 69.7 Å². The lowest BCUT2D eigenvalue weighted by Crippen LogP contribution is -2.60. The Hall–Kier alpha value is -1.43. The molecule has 1 aliphatic rings. The summed E-state index contributed by atoms with van der Waals surface area (Å²) >= 11 is 0. The van der Waals surface area contributed by atoms with Crippen molar-refractivity contribution in [2.24, 2.45) is 5.92 Å². The van der Waals surface area contributed by atoms with Gasteiger partial charge >= 0.3 is 18.0 Å². The standard InChI is InChI=1S/C21H38NO5/c1-7-8-9-10-11-12-17(15-18(23)27-21(4,5)6)19(24)22(16(2)3)13-14-26-20(22)25/h16-17H,7-15H2,1-6H3/q+1. The number of hydrogen-bond donors (Lipinski definition) is 0. The number of imide groups is 1. The van der Waals surface area contributed by atoms with Crippen molar-refractivity contribution in [3.63, 3.8) is 0 Å². The van der Waals surface area contributed by atoms with Crippen molar-refractivity contribution in [3.8, 4) is 0 Å². The van der Waals surface area contributed by atoms with Crippen LogP contribution < -0.4 is 0 Å². The van der Waals surface area contributed by atoms with Crippen LogP contribution in [0.25, 0.3) is 0 Å². The molecule has 2 unspecified atom stereocenters. The van der Waals surface area contributed by atoms with E-state index in [4.69, 9.17) is 9.47 Å². The molecular formula is C21H38NO5+. The maximum Gasteiger partial charge on any atom is 0.524 e. The van der Waals surface area contributed by atoms with Gasteiger partial charge in [0.25, 0.3) is 0 Å². The molecule has 2 atom stereocenters. The lowest BCUT2D eigenvalue weighted by molar-refractivity contribution is -0.791. The molecule has 156 valence electrons. The van der Waals surface area contributed by atoms with Gasteiger partial charge < -0.3 is 9.47 Å². The number of amides is 2. The van der Waals surface area contributed by atoms with Crippen LogP contribution in [-0.4, -0.2) is 47.2 Å². The van der Waals surface area contributed by atoms with Crippen LogP contribution in [0.2, 0.25) is 0 Å². The fraction of sp³-hybridized carbons (Fsp3) is 0.857. The number of esters is 1. The molecular weight excluding hydrogens is 346 g/mol. The third-order valence-corrected chi connectivity index (χ3v) is 5.11. The van der Waals surface area contributed by atoms with E-state index in [9.17, 15) is 14.4 Å². The zero-order chi connectivity index (χ0) is 20.7. The molecule has 0 saturated carbocycles. The molecule has 0 N–H and O–H groups in total. The Bertz CT molecular complexity index is 523. The molecule has 0 aliphatic carbocycles. The monoisotopic (exact) mass is 384 g/mol. The van der Waals surface area contributed by atoms with Gasteiger partial charge in [0, 0.05) is 0 Å². The van der Waals surface area contributed by atoms with Crippen LogP contribution in [0.3, 0.4) is 0 Å². The first-order chi connectivity index (χ1) is 12.5. The molecule has 0 bridgehead atoms. The van der Waals surface area contributed by atoms with E-state index in [1.807, 2.05) is 34.6 Å². The average Bonchev–Trinajstić information content (AvgIpc) is 2.93. The van der Waals surface area contributed by atoms with Crippen molar-refractivity contribution in [1.82, 2.24) is 0 Å². The highest BCUT2D eigenvalue weighted by atomic mass is 16.6. The molecule has 1 aliphatic heterocycles. The summed E-state index contributed by atoms with van der Waals surface area (Å²) in [7, 11) is 0. The second kappa shape index (κ2) is 10.2. The van der Waals surface area contributed by atoms with Crippen molar-refractivity contribution in [2.75, 3.05) is 13.2 Å². The lowest BCUT2D eigenvalue weighted by Gasteiger charge is -2.32. The van der Waals surface area contributed by atoms with Gasteiger partial charge in [-0.2, -0.15) is 9.28 Å². The molecule has 0 aromatic carbocycles. The van der Waals surface area contributed by atoms with Crippen molar-refractivity contribution in [1.29, 1.82) is 0 Å². The van der Waals surface area contributed by atoms with Crippen molar-refractivity contribution in [3.05, 3.63) is 0 Å². The number of carbonyl (C=O) groups is 3. The van der Waals surface area contributed by atoms with Gasteiger partial charge in [0.05, 0.1) is 12.3 Å². The molecule has 6 nitrogen and oxygen atoms in total. The Morgan fingerprint density at radius 2 is 1.78 bits per heavy atom. The van der Waals surface area contributed by atoms with Gasteiger partial charge in [-0.1, -0.05) is 39.0 Å². The van der Waals surface area contributed by atoms with E-state index in [-0.39, 0.29) is 35.4 Å². The minimum atomic E-state index is -0.595. The normalized spacial score (nSPS) is 21.2. The van der Waals surface area contributed by atoms with Crippen LogP contribution in [0.1, 0.15) is 86.5 Å². The predicted molar refractivity (Wildman–Crippen MR) is 104 cm³/mol. The molecule has 2 amide bonds. The van der Waals surface area contributed by atoms with Gasteiger partial charge in [0.2, 0.25) is 0 Å². The van der Waals surface area contributed by atoms with Gasteiger partial charge in [0.1, 0.15) is 24.8 Å². The lowest BCUT2D eigenvalue weighted by atomic mass is 9.94. The van der Waals surface area contributed by atoms with Crippen molar-refractivity contribution < 1.29 is 28.3 Å². The van der Waals surface area contributed by atoms with E-state index >= 15 is 0 Å². The van der Waals surface area contributed by atoms with Crippen molar-refractivity contribution in [2.45, 2.75) is 98.1 Å². The second-order valence-corrected chi connectivity index (χ2v) is 8.83. The quantitative estimate of drug-likeness (QED) is 0.313. The number of quaternary nitrogens is 1. The molecule has 0 radical (unpaired) electrons. The maximum absolute atomic E-state index is 13.4. The van der Waals surface area contributed by atoms with Gasteiger partial charge in [-0.3, -0.25) is 4.79 Å². The van der Waals surface area contributed by atoms with E-state index in [0.717, 1.165) is 25.7 Å². The summed E-state index contributed by atoms with van der Waals surface area (Å²) in [6.45, 7) is 11.9. The molecule has 6 heteroatoms. The minimum Gasteiger partial charge on any atom is -0.460 e. The molecule has 1 rings (SSSR count). The van der Waals surface area contributed by atoms with Crippen LogP contribution >= 0.6 is 0 Å². The largest absolute Gasteiger partial charge is 0.524 e. The van der Waals surface area contributed by atoms with E-state index in [0.29, 0.717) is 13.0 Å². The summed E-state index contributed by atoms with van der Waals surface area (Å²) in [5, 5.41) is 0. The fourth-order valence-corrected chi connectivity index (χ4v) is 3.62. The van der Waals surface area contributed by atoms with Crippen LogP contribution in [0, 0.1) is 5.92 Å². The van der Waals surface area contributed by atoms with Gasteiger partial charge in [-0.25, -0.2) is 4.79 Å². The molecule has 1 heterocycles. The molecule has 0 spiro atoms. The highest BCUT2D eigenvalue weighted by Crippen LogP contribution is 2.30. The number of carbonyl (C=O) groups excluding carboxylic acids is 3. The number of rotatable bonds is 10. The minimum absolute atomic E-state index is 0.0177. The number of nitrogens with zero attached hydrogens (tertiary/aromatic N) is 1. The molecule has 0 aromatic heterocycles. The zero-order valence-electron chi connectivity index (χ0n) is 18.0. The predicted octanol–water partition coefficient (Wildman–Crippen LogP) is 4.60. The Morgan fingerprint density at radius 3 is 2.26 bits per heavy atom. The first kappa shape index (κ1) is 23.6. The highest BCUT2D eigenvalue weighted by molar-refractivity contribution is 5.86. The van der Waals surface area contributed by atoms with Gasteiger partial charge in [0.15, 0.2) is 0 Å². The molecule has 27 heavy (non-hydrogen) atoms. The SMILES string of the molecule is CCCCCCCC(CC(=O)OC(C)(C)C)C(=O)[N+]1(C(C)C)CCOC1=O. The van der Waals surface area contributed by atoms with E-state index in [2.05, 4.69) is 6.92 Å².